The summed E-state index contributed by atoms with van der Waals surface area (Å²) in [6, 6.07) is 0. The van der Waals surface area contributed by atoms with E-state index in [0.717, 1.165) is 26.1 Å². The molecule has 2 nitrogen and oxygen atoms in total. The van der Waals surface area contributed by atoms with E-state index in [1.54, 1.807) is 6.08 Å². The summed E-state index contributed by atoms with van der Waals surface area (Å²) >= 11 is 0. The lowest BCUT2D eigenvalue weighted by atomic mass is 10.3. The summed E-state index contributed by atoms with van der Waals surface area (Å²) in [5, 5.41) is 0. The van der Waals surface area contributed by atoms with E-state index in [0.29, 0.717) is 12.4 Å². The molecular weight excluding hydrogens is 186 g/mol. The molecule has 0 N–H and O–H groups in total. The first-order chi connectivity index (χ1) is 7.24. The van der Waals surface area contributed by atoms with E-state index < -0.39 is 0 Å². The maximum atomic E-state index is 5.31. The van der Waals surface area contributed by atoms with Gasteiger partial charge in [0.2, 0.25) is 0 Å². The van der Waals surface area contributed by atoms with E-state index in [2.05, 4.69) is 31.2 Å². The molecule has 0 heterocycles. The Labute approximate surface area is 93.2 Å². The summed E-state index contributed by atoms with van der Waals surface area (Å²) in [6.07, 6.45) is 6.37. The Balaban J connectivity index is 3.60. The van der Waals surface area contributed by atoms with Crippen LogP contribution in [0.5, 0.6) is 0 Å². The van der Waals surface area contributed by atoms with E-state index in [1.165, 1.54) is 0 Å². The molecule has 2 heteroatoms. The second kappa shape index (κ2) is 9.28. The highest BCUT2D eigenvalue weighted by Crippen LogP contribution is 1.98. The van der Waals surface area contributed by atoms with Gasteiger partial charge in [-0.25, -0.2) is 0 Å². The third kappa shape index (κ3) is 7.77. The van der Waals surface area contributed by atoms with Crippen molar-refractivity contribution >= 4 is 0 Å². The molecule has 0 atom stereocenters. The Morgan fingerprint density at radius 1 is 1.13 bits per heavy atom. The number of ether oxygens (including phenoxy) is 1. The van der Waals surface area contributed by atoms with Gasteiger partial charge in [0, 0.05) is 19.6 Å². The summed E-state index contributed by atoms with van der Waals surface area (Å²) in [7, 11) is 0. The van der Waals surface area contributed by atoms with Gasteiger partial charge >= 0.3 is 0 Å². The Bertz CT molecular complexity index is 211. The Hall–Kier alpha value is -1.28. The second-order valence-corrected chi connectivity index (χ2v) is 3.21. The number of rotatable bonds is 10. The standard InChI is InChI=1S/C13H21NO/c1-5-9-14(10-6-2)11-8-12-15-13(4)7-3/h5-7H,1-4,8-12H2. The summed E-state index contributed by atoms with van der Waals surface area (Å²) in [6.45, 7) is 18.1. The Morgan fingerprint density at radius 3 is 2.20 bits per heavy atom. The maximum absolute atomic E-state index is 5.31. The average molecular weight is 207 g/mol. The monoisotopic (exact) mass is 207 g/mol. The average Bonchev–Trinajstić information content (AvgIpc) is 2.24. The largest absolute Gasteiger partial charge is 0.494 e. The number of hydrogen-bond acceptors (Lipinski definition) is 2. The van der Waals surface area contributed by atoms with Gasteiger partial charge < -0.3 is 4.74 Å². The highest BCUT2D eigenvalue weighted by molar-refractivity contribution is 5.01. The predicted octanol–water partition coefficient (Wildman–Crippen LogP) is 2.77. The summed E-state index contributed by atoms with van der Waals surface area (Å²) < 4.78 is 5.31. The van der Waals surface area contributed by atoms with Crippen LogP contribution in [-0.4, -0.2) is 31.1 Å². The van der Waals surface area contributed by atoms with Crippen LogP contribution in [0.15, 0.2) is 50.3 Å². The molecule has 0 aliphatic carbocycles. The molecular formula is C13H21NO. The van der Waals surface area contributed by atoms with Crippen molar-refractivity contribution in [3.8, 4) is 0 Å². The van der Waals surface area contributed by atoms with Gasteiger partial charge in [-0.3, -0.25) is 4.90 Å². The fourth-order valence-corrected chi connectivity index (χ4v) is 1.17. The van der Waals surface area contributed by atoms with Crippen molar-refractivity contribution in [3.05, 3.63) is 50.3 Å². The lowest BCUT2D eigenvalue weighted by Gasteiger charge is -2.18. The van der Waals surface area contributed by atoms with Gasteiger partial charge in [-0.1, -0.05) is 25.3 Å². The van der Waals surface area contributed by atoms with Crippen LogP contribution in [0.3, 0.4) is 0 Å². The fraction of sp³-hybridized carbons (Fsp3) is 0.385. The lowest BCUT2D eigenvalue weighted by Crippen LogP contribution is -2.25. The molecule has 0 aliphatic heterocycles. The van der Waals surface area contributed by atoms with Crippen LogP contribution in [0.2, 0.25) is 0 Å². The van der Waals surface area contributed by atoms with Gasteiger partial charge in [-0.05, 0) is 12.5 Å². The number of allylic oxidation sites excluding steroid dienone is 1. The molecule has 0 fully saturated rings. The second-order valence-electron chi connectivity index (χ2n) is 3.21. The molecule has 0 amide bonds. The summed E-state index contributed by atoms with van der Waals surface area (Å²) in [4.78, 5) is 2.25. The third-order valence-corrected chi connectivity index (χ3v) is 1.91. The molecule has 0 rings (SSSR count). The normalized spacial score (nSPS) is 9.67. The van der Waals surface area contributed by atoms with E-state index in [1.807, 2.05) is 12.2 Å². The van der Waals surface area contributed by atoms with Crippen LogP contribution in [0.1, 0.15) is 6.42 Å². The highest BCUT2D eigenvalue weighted by atomic mass is 16.5. The smallest absolute Gasteiger partial charge is 0.111 e. The highest BCUT2D eigenvalue weighted by Gasteiger charge is 1.99. The molecule has 0 saturated carbocycles. The number of nitrogens with zero attached hydrogens (tertiary/aromatic N) is 1. The minimum atomic E-state index is 0.633. The van der Waals surface area contributed by atoms with Crippen LogP contribution >= 0.6 is 0 Å². The van der Waals surface area contributed by atoms with Crippen molar-refractivity contribution in [3.63, 3.8) is 0 Å². The van der Waals surface area contributed by atoms with Crippen molar-refractivity contribution in [1.82, 2.24) is 4.90 Å². The lowest BCUT2D eigenvalue weighted by molar-refractivity contribution is 0.201. The first-order valence-electron chi connectivity index (χ1n) is 5.12. The molecule has 0 radical (unpaired) electrons. The first-order valence-corrected chi connectivity index (χ1v) is 5.12. The molecule has 0 bridgehead atoms. The number of hydrogen-bond donors (Lipinski definition) is 0. The van der Waals surface area contributed by atoms with Crippen molar-refractivity contribution in [2.24, 2.45) is 0 Å². The molecule has 0 unspecified atom stereocenters. The SMILES string of the molecule is C=CCN(CC=C)CCCOC(=C)C=C. The first kappa shape index (κ1) is 13.7. The van der Waals surface area contributed by atoms with E-state index in [-0.39, 0.29) is 0 Å². The molecule has 0 aromatic carbocycles. The van der Waals surface area contributed by atoms with Crippen molar-refractivity contribution in [2.45, 2.75) is 6.42 Å². The summed E-state index contributed by atoms with van der Waals surface area (Å²) in [5.41, 5.74) is 0. The minimum absolute atomic E-state index is 0.633. The molecule has 0 aromatic rings. The van der Waals surface area contributed by atoms with Crippen LogP contribution in [0.25, 0.3) is 0 Å². The van der Waals surface area contributed by atoms with Crippen LogP contribution < -0.4 is 0 Å². The van der Waals surface area contributed by atoms with Crippen LogP contribution in [0.4, 0.5) is 0 Å². The predicted molar refractivity (Wildman–Crippen MR) is 66.7 cm³/mol. The topological polar surface area (TPSA) is 12.5 Å². The zero-order valence-electron chi connectivity index (χ0n) is 9.45. The van der Waals surface area contributed by atoms with Crippen molar-refractivity contribution < 1.29 is 4.74 Å². The van der Waals surface area contributed by atoms with E-state index in [4.69, 9.17) is 4.74 Å². The molecule has 15 heavy (non-hydrogen) atoms. The van der Waals surface area contributed by atoms with Gasteiger partial charge in [-0.2, -0.15) is 0 Å². The molecule has 0 saturated heterocycles. The van der Waals surface area contributed by atoms with Crippen molar-refractivity contribution in [2.75, 3.05) is 26.2 Å². The van der Waals surface area contributed by atoms with Gasteiger partial charge in [0.15, 0.2) is 0 Å². The molecule has 84 valence electrons. The van der Waals surface area contributed by atoms with Crippen LogP contribution in [-0.2, 0) is 4.74 Å². The van der Waals surface area contributed by atoms with E-state index >= 15 is 0 Å². The van der Waals surface area contributed by atoms with E-state index in [9.17, 15) is 0 Å². The Kier molecular flexibility index (Phi) is 8.49. The van der Waals surface area contributed by atoms with Gasteiger partial charge in [-0.15, -0.1) is 13.2 Å². The maximum Gasteiger partial charge on any atom is 0.111 e. The van der Waals surface area contributed by atoms with Gasteiger partial charge in [0.25, 0.3) is 0 Å². The molecule has 0 aromatic heterocycles. The van der Waals surface area contributed by atoms with Gasteiger partial charge in [0.1, 0.15) is 5.76 Å². The quantitative estimate of drug-likeness (QED) is 0.236. The fourth-order valence-electron chi connectivity index (χ4n) is 1.17. The zero-order valence-corrected chi connectivity index (χ0v) is 9.45. The van der Waals surface area contributed by atoms with Crippen LogP contribution in [0, 0.1) is 0 Å². The van der Waals surface area contributed by atoms with Crippen molar-refractivity contribution in [1.29, 1.82) is 0 Å². The van der Waals surface area contributed by atoms with Gasteiger partial charge in [0.05, 0.1) is 6.61 Å². The third-order valence-electron chi connectivity index (χ3n) is 1.91. The Morgan fingerprint density at radius 2 is 1.73 bits per heavy atom. The molecule has 0 aliphatic rings. The minimum Gasteiger partial charge on any atom is -0.494 e. The zero-order chi connectivity index (χ0) is 11.5. The summed E-state index contributed by atoms with van der Waals surface area (Å²) in [5.74, 6) is 0.633. The molecule has 0 spiro atoms.